The molecule has 3 amide bonds. The summed E-state index contributed by atoms with van der Waals surface area (Å²) in [6, 6.07) is 17.3. The van der Waals surface area contributed by atoms with Crippen LogP contribution >= 0.6 is 0 Å². The van der Waals surface area contributed by atoms with E-state index in [2.05, 4.69) is 40.5 Å². The van der Waals surface area contributed by atoms with Gasteiger partial charge < -0.3 is 20.1 Å². The third-order valence-electron chi connectivity index (χ3n) is 5.61. The summed E-state index contributed by atoms with van der Waals surface area (Å²) in [4.78, 5) is 27.2. The summed E-state index contributed by atoms with van der Waals surface area (Å²) in [5.41, 5.74) is 2.74. The smallest absolute Gasteiger partial charge is 0.321 e. The number of likely N-dealkylation sites (tertiary alicyclic amines) is 1. The molecule has 1 aliphatic rings. The quantitative estimate of drug-likeness (QED) is 0.633. The van der Waals surface area contributed by atoms with E-state index in [1.807, 2.05) is 42.5 Å². The topological polar surface area (TPSA) is 66.4 Å². The lowest BCUT2D eigenvalue weighted by molar-refractivity contribution is -0.121. The molecule has 1 saturated heterocycles. The van der Waals surface area contributed by atoms with Crippen molar-refractivity contribution >= 4 is 34.2 Å². The predicted molar refractivity (Wildman–Crippen MR) is 121 cm³/mol. The fourth-order valence-corrected chi connectivity index (χ4v) is 4.06. The fraction of sp³-hybridized carbons (Fsp3) is 0.333. The maximum atomic E-state index is 12.9. The molecule has 1 atom stereocenters. The summed E-state index contributed by atoms with van der Waals surface area (Å²) in [5, 5.41) is 7.07. The molecule has 0 saturated carbocycles. The summed E-state index contributed by atoms with van der Waals surface area (Å²) in [6.07, 6.45) is 4.78. The van der Waals surface area contributed by atoms with Crippen LogP contribution in [0.5, 0.6) is 0 Å². The van der Waals surface area contributed by atoms with Crippen molar-refractivity contribution in [3.63, 3.8) is 0 Å². The van der Waals surface area contributed by atoms with Gasteiger partial charge in [-0.1, -0.05) is 25.1 Å². The molecule has 2 N–H and O–H groups in total. The minimum Gasteiger partial charge on any atom is -0.347 e. The van der Waals surface area contributed by atoms with Crippen LogP contribution < -0.4 is 10.6 Å². The Labute approximate surface area is 176 Å². The van der Waals surface area contributed by atoms with E-state index in [9.17, 15) is 9.59 Å². The zero-order chi connectivity index (χ0) is 20.9. The number of hydrogen-bond donors (Lipinski definition) is 2. The zero-order valence-electron chi connectivity index (χ0n) is 17.3. The van der Waals surface area contributed by atoms with E-state index < -0.39 is 0 Å². The van der Waals surface area contributed by atoms with Crippen molar-refractivity contribution in [1.82, 2.24) is 9.47 Å². The summed E-state index contributed by atoms with van der Waals surface area (Å²) in [6.45, 7) is 4.24. The van der Waals surface area contributed by atoms with Gasteiger partial charge in [0.2, 0.25) is 5.91 Å². The lowest BCUT2D eigenvalue weighted by Gasteiger charge is -2.32. The molecule has 1 aliphatic heterocycles. The predicted octanol–water partition coefficient (Wildman–Crippen LogP) is 4.93. The van der Waals surface area contributed by atoms with E-state index in [1.54, 1.807) is 4.90 Å². The number of urea groups is 1. The number of aryl methyl sites for hydroxylation is 1. The second-order valence-electron chi connectivity index (χ2n) is 7.85. The van der Waals surface area contributed by atoms with E-state index >= 15 is 0 Å². The van der Waals surface area contributed by atoms with Crippen molar-refractivity contribution in [3.8, 4) is 0 Å². The average molecular weight is 405 g/mol. The number of para-hydroxylation sites is 1. The van der Waals surface area contributed by atoms with Crippen molar-refractivity contribution in [2.24, 2.45) is 5.92 Å². The first-order chi connectivity index (χ1) is 14.6. The van der Waals surface area contributed by atoms with Crippen LogP contribution in [0.25, 0.3) is 10.9 Å². The van der Waals surface area contributed by atoms with Gasteiger partial charge in [0.05, 0.1) is 5.92 Å². The Morgan fingerprint density at radius 1 is 1.03 bits per heavy atom. The first-order valence-electron chi connectivity index (χ1n) is 10.6. The molecule has 2 heterocycles. The molecule has 30 heavy (non-hydrogen) atoms. The highest BCUT2D eigenvalue weighted by Crippen LogP contribution is 2.23. The number of benzene rings is 2. The van der Waals surface area contributed by atoms with Crippen LogP contribution in [-0.4, -0.2) is 34.5 Å². The second kappa shape index (κ2) is 9.03. The Morgan fingerprint density at radius 3 is 2.67 bits per heavy atom. The SMILES string of the molecule is CCCn1ccc2cc(NC(=O)C3CCCN(C(=O)Nc4ccccc4)C3)ccc21. The third-order valence-corrected chi connectivity index (χ3v) is 5.61. The highest BCUT2D eigenvalue weighted by molar-refractivity contribution is 5.96. The number of aromatic nitrogens is 1. The van der Waals surface area contributed by atoms with Crippen molar-refractivity contribution in [2.45, 2.75) is 32.7 Å². The average Bonchev–Trinajstić information content (AvgIpc) is 3.17. The van der Waals surface area contributed by atoms with Crippen molar-refractivity contribution in [1.29, 1.82) is 0 Å². The Morgan fingerprint density at radius 2 is 1.87 bits per heavy atom. The minimum absolute atomic E-state index is 0.0282. The Hall–Kier alpha value is -3.28. The highest BCUT2D eigenvalue weighted by atomic mass is 16.2. The van der Waals surface area contributed by atoms with Gasteiger partial charge in [-0.3, -0.25) is 4.79 Å². The monoisotopic (exact) mass is 404 g/mol. The molecule has 6 nitrogen and oxygen atoms in total. The van der Waals surface area contributed by atoms with E-state index in [-0.39, 0.29) is 17.9 Å². The summed E-state index contributed by atoms with van der Waals surface area (Å²) < 4.78 is 2.23. The van der Waals surface area contributed by atoms with Crippen molar-refractivity contribution < 1.29 is 9.59 Å². The number of carbonyl (C=O) groups excluding carboxylic acids is 2. The molecule has 0 bridgehead atoms. The molecule has 2 aromatic carbocycles. The number of anilines is 2. The lowest BCUT2D eigenvalue weighted by atomic mass is 9.97. The molecule has 1 fully saturated rings. The van der Waals surface area contributed by atoms with Crippen LogP contribution in [0.15, 0.2) is 60.8 Å². The molecule has 1 unspecified atom stereocenters. The second-order valence-corrected chi connectivity index (χ2v) is 7.85. The number of carbonyl (C=O) groups is 2. The highest BCUT2D eigenvalue weighted by Gasteiger charge is 2.28. The molecular weight excluding hydrogens is 376 g/mol. The van der Waals surface area contributed by atoms with Crippen LogP contribution in [0.1, 0.15) is 26.2 Å². The number of piperidine rings is 1. The Kier molecular flexibility index (Phi) is 6.02. The van der Waals surface area contributed by atoms with Crippen LogP contribution in [0.2, 0.25) is 0 Å². The van der Waals surface area contributed by atoms with Crippen LogP contribution in [0, 0.1) is 5.92 Å². The Bertz CT molecular complexity index is 1030. The number of nitrogens with one attached hydrogen (secondary N) is 2. The van der Waals surface area contributed by atoms with Crippen molar-refractivity contribution in [3.05, 3.63) is 60.8 Å². The molecule has 1 aromatic heterocycles. The first-order valence-corrected chi connectivity index (χ1v) is 10.6. The number of nitrogens with zero attached hydrogens (tertiary/aromatic N) is 2. The van der Waals surface area contributed by atoms with Gasteiger partial charge >= 0.3 is 6.03 Å². The van der Waals surface area contributed by atoms with Crippen molar-refractivity contribution in [2.75, 3.05) is 23.7 Å². The summed E-state index contributed by atoms with van der Waals surface area (Å²) in [5.74, 6) is -0.236. The summed E-state index contributed by atoms with van der Waals surface area (Å²) in [7, 11) is 0. The Balaban J connectivity index is 1.38. The van der Waals surface area contributed by atoms with Crippen LogP contribution in [0.3, 0.4) is 0 Å². The van der Waals surface area contributed by atoms with E-state index in [0.29, 0.717) is 13.1 Å². The van der Waals surface area contributed by atoms with Gasteiger partial charge in [0.25, 0.3) is 0 Å². The first kappa shape index (κ1) is 20.0. The molecule has 3 aromatic rings. The zero-order valence-corrected chi connectivity index (χ0v) is 17.3. The van der Waals surface area contributed by atoms with Gasteiger partial charge in [-0.05, 0) is 55.7 Å². The number of rotatable bonds is 5. The molecular formula is C24H28N4O2. The number of fused-ring (bicyclic) bond motifs is 1. The van der Waals surface area contributed by atoms with Gasteiger partial charge in [0, 0.05) is 48.1 Å². The van der Waals surface area contributed by atoms with Gasteiger partial charge in [-0.15, -0.1) is 0 Å². The molecule has 156 valence electrons. The largest absolute Gasteiger partial charge is 0.347 e. The van der Waals surface area contributed by atoms with Gasteiger partial charge in [0.15, 0.2) is 0 Å². The van der Waals surface area contributed by atoms with E-state index in [1.165, 1.54) is 5.52 Å². The van der Waals surface area contributed by atoms with E-state index in [0.717, 1.165) is 42.6 Å². The van der Waals surface area contributed by atoms with Crippen LogP contribution in [0.4, 0.5) is 16.2 Å². The fourth-order valence-electron chi connectivity index (χ4n) is 4.06. The molecule has 0 aliphatic carbocycles. The maximum Gasteiger partial charge on any atom is 0.321 e. The van der Waals surface area contributed by atoms with Crippen LogP contribution in [-0.2, 0) is 11.3 Å². The molecule has 6 heteroatoms. The van der Waals surface area contributed by atoms with E-state index in [4.69, 9.17) is 0 Å². The van der Waals surface area contributed by atoms with Gasteiger partial charge in [-0.25, -0.2) is 4.79 Å². The molecule has 4 rings (SSSR count). The summed E-state index contributed by atoms with van der Waals surface area (Å²) >= 11 is 0. The molecule has 0 spiro atoms. The minimum atomic E-state index is -0.208. The number of amides is 3. The normalized spacial score (nSPS) is 16.4. The third kappa shape index (κ3) is 4.48. The lowest BCUT2D eigenvalue weighted by Crippen LogP contribution is -2.45. The molecule has 0 radical (unpaired) electrons. The standard InChI is InChI=1S/C24H28N4O2/c1-2-13-27-15-12-18-16-21(10-11-22(18)27)25-23(29)19-7-6-14-28(17-19)24(30)26-20-8-4-3-5-9-20/h3-5,8-12,15-16,19H,2,6-7,13-14,17H2,1H3,(H,25,29)(H,26,30). The van der Waals surface area contributed by atoms with Gasteiger partial charge in [0.1, 0.15) is 0 Å². The number of hydrogen-bond acceptors (Lipinski definition) is 2. The van der Waals surface area contributed by atoms with Gasteiger partial charge in [-0.2, -0.15) is 0 Å². The maximum absolute atomic E-state index is 12.9.